The average Bonchev–Trinajstić information content (AvgIpc) is 2.79. The van der Waals surface area contributed by atoms with Gasteiger partial charge in [-0.05, 0) is 5.56 Å². The molecule has 0 aliphatic carbocycles. The van der Waals surface area contributed by atoms with Crippen molar-refractivity contribution in [1.82, 2.24) is 15.0 Å². The number of nitrogens with zero attached hydrogens (tertiary/aromatic N) is 3. The van der Waals surface area contributed by atoms with Crippen LogP contribution in [0.15, 0.2) is 36.5 Å². The largest absolute Gasteiger partial charge is 0.383 e. The molecule has 0 saturated heterocycles. The summed E-state index contributed by atoms with van der Waals surface area (Å²) in [5.74, 6) is 0. The molecule has 2 rings (SSSR count). The Morgan fingerprint density at radius 2 is 2.12 bits per heavy atom. The van der Waals surface area contributed by atoms with Gasteiger partial charge in [-0.1, -0.05) is 51.5 Å². The second-order valence-corrected chi connectivity index (χ2v) is 4.83. The Kier molecular flexibility index (Phi) is 4.28. The number of halogens is 1. The Hall–Kier alpha value is -1.20. The van der Waals surface area contributed by atoms with Crippen LogP contribution in [0.3, 0.4) is 0 Å². The van der Waals surface area contributed by atoms with E-state index in [4.69, 9.17) is 4.74 Å². The maximum absolute atomic E-state index is 5.12. The van der Waals surface area contributed by atoms with Gasteiger partial charge in [-0.15, -0.1) is 5.10 Å². The lowest BCUT2D eigenvalue weighted by Crippen LogP contribution is -2.10. The molecule has 0 aliphatic heterocycles. The van der Waals surface area contributed by atoms with Gasteiger partial charge in [0.05, 0.1) is 29.9 Å². The number of hydrogen-bond donors (Lipinski definition) is 0. The number of benzene rings is 1. The topological polar surface area (TPSA) is 39.9 Å². The van der Waals surface area contributed by atoms with Crippen LogP contribution in [-0.4, -0.2) is 28.7 Å². The van der Waals surface area contributed by atoms with Crippen LogP contribution >= 0.6 is 15.9 Å². The summed E-state index contributed by atoms with van der Waals surface area (Å²) in [6.07, 6.45) is 1.77. The summed E-state index contributed by atoms with van der Waals surface area (Å²) in [6.45, 7) is 1.32. The summed E-state index contributed by atoms with van der Waals surface area (Å²) < 4.78 is 7.00. The maximum atomic E-state index is 5.12. The predicted molar refractivity (Wildman–Crippen MR) is 69.1 cm³/mol. The fraction of sp³-hybridized carbons (Fsp3) is 0.333. The van der Waals surface area contributed by atoms with Gasteiger partial charge in [0, 0.05) is 7.11 Å². The highest BCUT2D eigenvalue weighted by molar-refractivity contribution is 9.09. The molecule has 0 N–H and O–H groups in total. The van der Waals surface area contributed by atoms with E-state index in [0.717, 1.165) is 12.2 Å². The summed E-state index contributed by atoms with van der Waals surface area (Å²) in [5, 5.41) is 8.04. The van der Waals surface area contributed by atoms with E-state index in [1.54, 1.807) is 13.3 Å². The van der Waals surface area contributed by atoms with Crippen LogP contribution in [0.5, 0.6) is 0 Å². The molecule has 1 heterocycles. The molecule has 0 saturated carbocycles. The third kappa shape index (κ3) is 3.14. The molecule has 0 amide bonds. The number of alkyl halides is 1. The first-order valence-corrected chi connectivity index (χ1v) is 6.28. The van der Waals surface area contributed by atoms with Crippen molar-refractivity contribution >= 4 is 15.9 Å². The molecule has 0 bridgehead atoms. The van der Waals surface area contributed by atoms with Gasteiger partial charge in [0.15, 0.2) is 0 Å². The Morgan fingerprint density at radius 3 is 2.82 bits per heavy atom. The van der Waals surface area contributed by atoms with Gasteiger partial charge < -0.3 is 4.74 Å². The van der Waals surface area contributed by atoms with E-state index in [-0.39, 0.29) is 4.83 Å². The highest BCUT2D eigenvalue weighted by Crippen LogP contribution is 2.22. The fourth-order valence-corrected chi connectivity index (χ4v) is 2.24. The van der Waals surface area contributed by atoms with Crippen molar-refractivity contribution in [1.29, 1.82) is 0 Å². The quantitative estimate of drug-likeness (QED) is 0.795. The maximum Gasteiger partial charge on any atom is 0.0814 e. The molecule has 0 radical (unpaired) electrons. The van der Waals surface area contributed by atoms with Crippen molar-refractivity contribution in [3.05, 3.63) is 47.8 Å². The van der Waals surface area contributed by atoms with Crippen LogP contribution < -0.4 is 0 Å². The van der Waals surface area contributed by atoms with E-state index in [0.29, 0.717) is 6.61 Å². The smallest absolute Gasteiger partial charge is 0.0814 e. The van der Waals surface area contributed by atoms with Crippen LogP contribution in [0, 0.1) is 0 Å². The van der Waals surface area contributed by atoms with Gasteiger partial charge in [0.2, 0.25) is 0 Å². The zero-order valence-electron chi connectivity index (χ0n) is 9.58. The second kappa shape index (κ2) is 5.93. The Balaban J connectivity index is 2.14. The van der Waals surface area contributed by atoms with E-state index in [1.165, 1.54) is 5.56 Å². The van der Waals surface area contributed by atoms with Gasteiger partial charge in [0.1, 0.15) is 0 Å². The monoisotopic (exact) mass is 295 g/mol. The van der Waals surface area contributed by atoms with Crippen molar-refractivity contribution in [2.75, 3.05) is 13.7 Å². The molecule has 2 aromatic rings. The van der Waals surface area contributed by atoms with Crippen molar-refractivity contribution in [3.8, 4) is 0 Å². The average molecular weight is 296 g/mol. The molecule has 1 unspecified atom stereocenters. The van der Waals surface area contributed by atoms with Crippen molar-refractivity contribution in [3.63, 3.8) is 0 Å². The van der Waals surface area contributed by atoms with E-state index < -0.39 is 0 Å². The van der Waals surface area contributed by atoms with Gasteiger partial charge in [-0.25, -0.2) is 4.68 Å². The normalized spacial score (nSPS) is 12.6. The number of rotatable bonds is 5. The first kappa shape index (κ1) is 12.3. The lowest BCUT2D eigenvalue weighted by Gasteiger charge is -2.10. The Labute approximate surface area is 109 Å². The van der Waals surface area contributed by atoms with Crippen LogP contribution in [0.25, 0.3) is 0 Å². The van der Waals surface area contributed by atoms with Crippen LogP contribution in [-0.2, 0) is 11.3 Å². The molecular weight excluding hydrogens is 282 g/mol. The predicted octanol–water partition coefficient (Wildman–Crippen LogP) is 2.41. The minimum absolute atomic E-state index is 0.117. The van der Waals surface area contributed by atoms with Gasteiger partial charge in [0.25, 0.3) is 0 Å². The SMILES string of the molecule is COCC(Br)c1cnnn1Cc1ccccc1. The highest BCUT2D eigenvalue weighted by Gasteiger charge is 2.13. The van der Waals surface area contributed by atoms with Gasteiger partial charge >= 0.3 is 0 Å². The van der Waals surface area contributed by atoms with Crippen molar-refractivity contribution in [2.24, 2.45) is 0 Å². The lowest BCUT2D eigenvalue weighted by molar-refractivity contribution is 0.199. The summed E-state index contributed by atoms with van der Waals surface area (Å²) in [6, 6.07) is 10.2. The summed E-state index contributed by atoms with van der Waals surface area (Å²) in [4.78, 5) is 0.117. The van der Waals surface area contributed by atoms with E-state index >= 15 is 0 Å². The zero-order valence-corrected chi connectivity index (χ0v) is 11.2. The number of ether oxygens (including phenoxy) is 1. The minimum atomic E-state index is 0.117. The molecular formula is C12H14BrN3O. The number of methoxy groups -OCH3 is 1. The first-order valence-electron chi connectivity index (χ1n) is 5.36. The number of aromatic nitrogens is 3. The Morgan fingerprint density at radius 1 is 1.35 bits per heavy atom. The zero-order chi connectivity index (χ0) is 12.1. The third-order valence-electron chi connectivity index (χ3n) is 2.46. The summed E-state index contributed by atoms with van der Waals surface area (Å²) >= 11 is 3.56. The second-order valence-electron chi connectivity index (χ2n) is 3.73. The molecule has 4 nitrogen and oxygen atoms in total. The van der Waals surface area contributed by atoms with Crippen LogP contribution in [0.1, 0.15) is 16.1 Å². The van der Waals surface area contributed by atoms with E-state index in [9.17, 15) is 0 Å². The highest BCUT2D eigenvalue weighted by atomic mass is 79.9. The fourth-order valence-electron chi connectivity index (χ4n) is 1.62. The summed E-state index contributed by atoms with van der Waals surface area (Å²) in [7, 11) is 1.68. The lowest BCUT2D eigenvalue weighted by atomic mass is 10.2. The van der Waals surface area contributed by atoms with Crippen LogP contribution in [0.2, 0.25) is 0 Å². The van der Waals surface area contributed by atoms with Gasteiger partial charge in [-0.2, -0.15) is 0 Å². The standard InChI is InChI=1S/C12H14BrN3O/c1-17-9-11(13)12-7-14-15-16(12)8-10-5-3-2-4-6-10/h2-7,11H,8-9H2,1H3. The van der Waals surface area contributed by atoms with E-state index in [2.05, 4.69) is 38.4 Å². The van der Waals surface area contributed by atoms with Crippen molar-refractivity contribution in [2.45, 2.75) is 11.4 Å². The molecule has 17 heavy (non-hydrogen) atoms. The molecule has 90 valence electrons. The molecule has 5 heteroatoms. The molecule has 1 aromatic carbocycles. The molecule has 0 spiro atoms. The Bertz CT molecular complexity index is 458. The van der Waals surface area contributed by atoms with Crippen molar-refractivity contribution < 1.29 is 4.74 Å². The molecule has 0 fully saturated rings. The van der Waals surface area contributed by atoms with E-state index in [1.807, 2.05) is 22.9 Å². The minimum Gasteiger partial charge on any atom is -0.383 e. The van der Waals surface area contributed by atoms with Crippen LogP contribution in [0.4, 0.5) is 0 Å². The van der Waals surface area contributed by atoms with Gasteiger partial charge in [-0.3, -0.25) is 0 Å². The number of hydrogen-bond acceptors (Lipinski definition) is 3. The first-order chi connectivity index (χ1) is 8.31. The summed E-state index contributed by atoms with van der Waals surface area (Å²) in [5.41, 5.74) is 2.23. The molecule has 1 aromatic heterocycles. The molecule has 1 atom stereocenters. The molecule has 0 aliphatic rings. The third-order valence-corrected chi connectivity index (χ3v) is 3.19.